The molecule has 1 saturated carbocycles. The number of carboxylic acid groups (broad SMARTS) is 1. The van der Waals surface area contributed by atoms with Gasteiger partial charge in [-0.15, -0.1) is 0 Å². The van der Waals surface area contributed by atoms with Crippen molar-refractivity contribution in [2.75, 3.05) is 37.6 Å². The summed E-state index contributed by atoms with van der Waals surface area (Å²) in [6.07, 6.45) is 5.35. The fourth-order valence-electron chi connectivity index (χ4n) is 4.32. The summed E-state index contributed by atoms with van der Waals surface area (Å²) in [7, 11) is 0. The summed E-state index contributed by atoms with van der Waals surface area (Å²) in [5.74, 6) is -0.0324. The van der Waals surface area contributed by atoms with Crippen LogP contribution in [-0.2, 0) is 4.79 Å². The molecular weight excluding hydrogens is 417 g/mol. The first kappa shape index (κ1) is 20.2. The second-order valence-electron chi connectivity index (χ2n) is 7.74. The Morgan fingerprint density at radius 3 is 2.64 bits per heavy atom. The summed E-state index contributed by atoms with van der Waals surface area (Å²) >= 11 is 13.9. The minimum atomic E-state index is -0.740. The van der Waals surface area contributed by atoms with E-state index >= 15 is 0 Å². The van der Waals surface area contributed by atoms with Gasteiger partial charge in [0.15, 0.2) is 5.37 Å². The normalized spacial score (nSPS) is 27.9. The van der Waals surface area contributed by atoms with Gasteiger partial charge in [-0.25, -0.2) is 4.79 Å². The Hall–Kier alpha value is -1.08. The van der Waals surface area contributed by atoms with Crippen LogP contribution in [0.15, 0.2) is 29.8 Å². The topological polar surface area (TPSA) is 47.0 Å². The molecule has 0 aromatic heterocycles. The number of thioether (sulfide) groups is 1. The first-order chi connectivity index (χ1) is 13.5. The van der Waals surface area contributed by atoms with E-state index in [1.165, 1.54) is 18.2 Å². The maximum Gasteiger partial charge on any atom is 0.337 e. The van der Waals surface area contributed by atoms with Gasteiger partial charge in [0.25, 0.3) is 0 Å². The molecule has 0 bridgehead atoms. The van der Waals surface area contributed by atoms with Crippen molar-refractivity contribution in [3.63, 3.8) is 0 Å². The van der Waals surface area contributed by atoms with Crippen LogP contribution in [0.2, 0.25) is 10.0 Å². The number of hydrogen-bond acceptors (Lipinski definition) is 5. The summed E-state index contributed by atoms with van der Waals surface area (Å²) in [5, 5.41) is 12.0. The Balaban J connectivity index is 1.18. The highest BCUT2D eigenvalue weighted by atomic mass is 35.5. The third-order valence-corrected chi connectivity index (χ3v) is 7.84. The van der Waals surface area contributed by atoms with Crippen LogP contribution in [0.5, 0.6) is 0 Å². The fraction of sp³-hybridized carbons (Fsp3) is 0.550. The molecular formula is C20H25Cl2N3O2S. The Morgan fingerprint density at radius 2 is 1.93 bits per heavy atom. The molecule has 5 nitrogen and oxygen atoms in total. The standard InChI is InChI=1S/C20H25Cl2N3O2S/c21-16-2-1-3-17(18(16)22)24-8-6-23(7-9-24)5-4-14-12-15(13-14)25-10-11-28-19(25)20(26)27/h1-3,10-11,14-15,19H,4-9,12-13H2,(H,26,27). The molecule has 3 aliphatic rings. The van der Waals surface area contributed by atoms with E-state index < -0.39 is 11.3 Å². The van der Waals surface area contributed by atoms with Gasteiger partial charge < -0.3 is 14.9 Å². The Kier molecular flexibility index (Phi) is 6.30. The lowest BCUT2D eigenvalue weighted by atomic mass is 9.77. The molecule has 1 atom stereocenters. The van der Waals surface area contributed by atoms with Gasteiger partial charge in [-0.05, 0) is 49.3 Å². The van der Waals surface area contributed by atoms with E-state index in [1.54, 1.807) is 0 Å². The SMILES string of the molecule is O=C(O)C1SC=CN1C1CC(CCN2CCN(c3cccc(Cl)c3Cl)CC2)C1. The van der Waals surface area contributed by atoms with E-state index in [9.17, 15) is 9.90 Å². The lowest BCUT2D eigenvalue weighted by molar-refractivity contribution is -0.140. The summed E-state index contributed by atoms with van der Waals surface area (Å²) in [4.78, 5) is 18.2. The van der Waals surface area contributed by atoms with Crippen molar-refractivity contribution in [3.05, 3.63) is 39.9 Å². The van der Waals surface area contributed by atoms with Crippen LogP contribution in [-0.4, -0.2) is 65.0 Å². The molecule has 8 heteroatoms. The number of aliphatic carboxylic acids is 1. The molecule has 152 valence electrons. The van der Waals surface area contributed by atoms with Gasteiger partial charge in [-0.3, -0.25) is 4.90 Å². The lowest BCUT2D eigenvalue weighted by Gasteiger charge is -2.44. The molecule has 4 rings (SSSR count). The van der Waals surface area contributed by atoms with Crippen molar-refractivity contribution in [1.82, 2.24) is 9.80 Å². The molecule has 1 N–H and O–H groups in total. The highest BCUT2D eigenvalue weighted by Crippen LogP contribution is 2.40. The van der Waals surface area contributed by atoms with E-state index in [4.69, 9.17) is 23.2 Å². The van der Waals surface area contributed by atoms with Gasteiger partial charge in [-0.2, -0.15) is 0 Å². The number of carbonyl (C=O) groups is 1. The highest BCUT2D eigenvalue weighted by molar-refractivity contribution is 8.03. The van der Waals surface area contributed by atoms with Crippen LogP contribution in [0.3, 0.4) is 0 Å². The van der Waals surface area contributed by atoms with Gasteiger partial charge in [-0.1, -0.05) is 41.0 Å². The predicted molar refractivity (Wildman–Crippen MR) is 116 cm³/mol. The van der Waals surface area contributed by atoms with Gasteiger partial charge >= 0.3 is 5.97 Å². The molecule has 2 aliphatic heterocycles. The second kappa shape index (κ2) is 8.74. The van der Waals surface area contributed by atoms with Crippen LogP contribution in [0, 0.1) is 5.92 Å². The summed E-state index contributed by atoms with van der Waals surface area (Å²) < 4.78 is 0. The van der Waals surface area contributed by atoms with Gasteiger partial charge in [0, 0.05) is 38.4 Å². The van der Waals surface area contributed by atoms with E-state index in [0.29, 0.717) is 22.0 Å². The van der Waals surface area contributed by atoms with Crippen molar-refractivity contribution in [1.29, 1.82) is 0 Å². The van der Waals surface area contributed by atoms with Crippen molar-refractivity contribution < 1.29 is 9.90 Å². The van der Waals surface area contributed by atoms with Crippen LogP contribution in [0.25, 0.3) is 0 Å². The summed E-state index contributed by atoms with van der Waals surface area (Å²) in [6, 6.07) is 6.20. The maximum absolute atomic E-state index is 11.3. The molecule has 28 heavy (non-hydrogen) atoms. The molecule has 2 heterocycles. The second-order valence-corrected chi connectivity index (χ2v) is 9.52. The zero-order valence-electron chi connectivity index (χ0n) is 15.6. The third-order valence-electron chi connectivity index (χ3n) is 6.05. The van der Waals surface area contributed by atoms with Crippen molar-refractivity contribution in [3.8, 4) is 0 Å². The molecule has 0 spiro atoms. The number of rotatable bonds is 6. The first-order valence-corrected chi connectivity index (χ1v) is 11.5. The number of halogens is 2. The minimum absolute atomic E-state index is 0.388. The van der Waals surface area contributed by atoms with Crippen molar-refractivity contribution >= 4 is 46.6 Å². The van der Waals surface area contributed by atoms with Gasteiger partial charge in [0.05, 0.1) is 15.7 Å². The van der Waals surface area contributed by atoms with E-state index in [0.717, 1.165) is 51.3 Å². The predicted octanol–water partition coefficient (Wildman–Crippen LogP) is 4.21. The molecule has 1 unspecified atom stereocenters. The molecule has 0 amide bonds. The zero-order chi connectivity index (χ0) is 19.7. The first-order valence-electron chi connectivity index (χ1n) is 9.76. The highest BCUT2D eigenvalue weighted by Gasteiger charge is 2.39. The van der Waals surface area contributed by atoms with Gasteiger partial charge in [0.1, 0.15) is 0 Å². The summed E-state index contributed by atoms with van der Waals surface area (Å²) in [5.41, 5.74) is 1.03. The molecule has 2 fully saturated rings. The van der Waals surface area contributed by atoms with E-state index in [2.05, 4.69) is 9.80 Å². The van der Waals surface area contributed by atoms with Gasteiger partial charge in [0.2, 0.25) is 0 Å². The average Bonchev–Trinajstić information content (AvgIpc) is 3.13. The zero-order valence-corrected chi connectivity index (χ0v) is 18.0. The number of nitrogens with zero attached hydrogens (tertiary/aromatic N) is 3. The largest absolute Gasteiger partial charge is 0.479 e. The molecule has 1 aromatic carbocycles. The molecule has 1 aromatic rings. The monoisotopic (exact) mass is 441 g/mol. The van der Waals surface area contributed by atoms with Crippen molar-refractivity contribution in [2.45, 2.75) is 30.7 Å². The quantitative estimate of drug-likeness (QED) is 0.712. The van der Waals surface area contributed by atoms with E-state index in [1.807, 2.05) is 34.7 Å². The number of piperazine rings is 1. The number of anilines is 1. The van der Waals surface area contributed by atoms with Crippen LogP contribution < -0.4 is 4.90 Å². The Morgan fingerprint density at radius 1 is 1.18 bits per heavy atom. The van der Waals surface area contributed by atoms with E-state index in [-0.39, 0.29) is 0 Å². The van der Waals surface area contributed by atoms with Crippen LogP contribution >= 0.6 is 35.0 Å². The minimum Gasteiger partial charge on any atom is -0.479 e. The molecule has 1 saturated heterocycles. The number of hydrogen-bond donors (Lipinski definition) is 1. The van der Waals surface area contributed by atoms with Crippen molar-refractivity contribution in [2.24, 2.45) is 5.92 Å². The average molecular weight is 442 g/mol. The molecule has 0 radical (unpaired) electrons. The molecule has 1 aliphatic carbocycles. The van der Waals surface area contributed by atoms with Crippen LogP contribution in [0.1, 0.15) is 19.3 Å². The third kappa shape index (κ3) is 4.25. The lowest BCUT2D eigenvalue weighted by Crippen LogP contribution is -2.49. The Labute approximate surface area is 180 Å². The smallest absolute Gasteiger partial charge is 0.337 e. The Bertz CT molecular complexity index is 749. The fourth-order valence-corrected chi connectivity index (χ4v) is 5.60. The number of benzene rings is 1. The summed E-state index contributed by atoms with van der Waals surface area (Å²) in [6.45, 7) is 5.10. The maximum atomic E-state index is 11.3. The number of carboxylic acids is 1. The van der Waals surface area contributed by atoms with Crippen LogP contribution in [0.4, 0.5) is 5.69 Å².